The van der Waals surface area contributed by atoms with Gasteiger partial charge in [-0.2, -0.15) is 0 Å². The van der Waals surface area contributed by atoms with Gasteiger partial charge in [-0.1, -0.05) is 11.8 Å². The number of aromatic nitrogens is 2. The molecular weight excluding hydrogens is 447 g/mol. The summed E-state index contributed by atoms with van der Waals surface area (Å²) in [6, 6.07) is 14.0. The lowest BCUT2D eigenvalue weighted by Crippen LogP contribution is -2.46. The summed E-state index contributed by atoms with van der Waals surface area (Å²) in [7, 11) is 0. The molecule has 0 aliphatic carbocycles. The molecule has 2 heterocycles. The number of nitro groups is 1. The molecule has 9 nitrogen and oxygen atoms in total. The molecule has 11 heteroatoms. The van der Waals surface area contributed by atoms with E-state index in [1.165, 1.54) is 54.5 Å². The third-order valence-electron chi connectivity index (χ3n) is 5.14. The SMILES string of the molecule is O=C(CSc1cc(N2CCN(c3ccc(F)cc3)CC2)ncn1)Nc1ccc([N+](=O)[O-])cc1. The number of hydrogen-bond acceptors (Lipinski definition) is 8. The zero-order valence-electron chi connectivity index (χ0n) is 17.6. The van der Waals surface area contributed by atoms with Crippen LogP contribution in [0, 0.1) is 15.9 Å². The highest BCUT2D eigenvalue weighted by molar-refractivity contribution is 7.99. The van der Waals surface area contributed by atoms with Crippen molar-refractivity contribution in [2.45, 2.75) is 5.03 Å². The quantitative estimate of drug-likeness (QED) is 0.243. The third-order valence-corrected chi connectivity index (χ3v) is 6.06. The van der Waals surface area contributed by atoms with Crippen LogP contribution in [-0.4, -0.2) is 52.7 Å². The van der Waals surface area contributed by atoms with Gasteiger partial charge < -0.3 is 15.1 Å². The summed E-state index contributed by atoms with van der Waals surface area (Å²) in [6.45, 7) is 3.10. The number of amides is 1. The number of benzene rings is 2. The van der Waals surface area contributed by atoms with Crippen molar-refractivity contribution < 1.29 is 14.1 Å². The number of thioether (sulfide) groups is 1. The number of anilines is 3. The average Bonchev–Trinajstić information content (AvgIpc) is 2.84. The molecule has 1 saturated heterocycles. The first-order chi connectivity index (χ1) is 16.0. The first-order valence-corrected chi connectivity index (χ1v) is 11.2. The standard InChI is InChI=1S/C22H21FN6O3S/c23-16-1-5-18(6-2-16)27-9-11-28(12-10-27)20-13-22(25-15-24-20)33-14-21(30)26-17-3-7-19(8-4-17)29(31)32/h1-8,13,15H,9-12,14H2,(H,26,30). The number of piperazine rings is 1. The van der Waals surface area contributed by atoms with E-state index in [-0.39, 0.29) is 23.2 Å². The van der Waals surface area contributed by atoms with Crippen molar-refractivity contribution in [3.05, 3.63) is 76.9 Å². The minimum Gasteiger partial charge on any atom is -0.368 e. The number of halogens is 1. The Balaban J connectivity index is 1.28. The van der Waals surface area contributed by atoms with Crippen molar-refractivity contribution in [1.29, 1.82) is 0 Å². The highest BCUT2D eigenvalue weighted by Crippen LogP contribution is 2.23. The Morgan fingerprint density at radius 1 is 1.03 bits per heavy atom. The van der Waals surface area contributed by atoms with E-state index in [0.717, 1.165) is 37.7 Å². The van der Waals surface area contributed by atoms with Crippen molar-refractivity contribution >= 4 is 40.5 Å². The fourth-order valence-electron chi connectivity index (χ4n) is 3.43. The summed E-state index contributed by atoms with van der Waals surface area (Å²) in [5.41, 5.74) is 1.46. The summed E-state index contributed by atoms with van der Waals surface area (Å²) in [5, 5.41) is 14.1. The van der Waals surface area contributed by atoms with E-state index in [1.54, 1.807) is 12.1 Å². The van der Waals surface area contributed by atoms with Crippen LogP contribution in [0.4, 0.5) is 27.3 Å². The number of carbonyl (C=O) groups is 1. The molecule has 2 aromatic carbocycles. The van der Waals surface area contributed by atoms with Crippen LogP contribution >= 0.6 is 11.8 Å². The van der Waals surface area contributed by atoms with E-state index in [0.29, 0.717) is 10.7 Å². The van der Waals surface area contributed by atoms with Gasteiger partial charge >= 0.3 is 0 Å². The van der Waals surface area contributed by atoms with Crippen molar-refractivity contribution in [2.75, 3.05) is 47.0 Å². The topological polar surface area (TPSA) is 104 Å². The Kier molecular flexibility index (Phi) is 6.98. The van der Waals surface area contributed by atoms with Gasteiger partial charge in [-0.3, -0.25) is 14.9 Å². The highest BCUT2D eigenvalue weighted by atomic mass is 32.2. The first-order valence-electron chi connectivity index (χ1n) is 10.2. The molecule has 33 heavy (non-hydrogen) atoms. The minimum atomic E-state index is -0.489. The molecule has 0 spiro atoms. The maximum atomic E-state index is 13.1. The molecule has 1 aliphatic rings. The van der Waals surface area contributed by atoms with Gasteiger partial charge in [0, 0.05) is 55.8 Å². The van der Waals surface area contributed by atoms with Gasteiger partial charge in [-0.05, 0) is 36.4 Å². The minimum absolute atomic E-state index is 0.0330. The van der Waals surface area contributed by atoms with Crippen molar-refractivity contribution in [1.82, 2.24) is 9.97 Å². The Bertz CT molecular complexity index is 1120. The number of rotatable bonds is 7. The zero-order chi connectivity index (χ0) is 23.2. The number of carbonyl (C=O) groups excluding carboxylic acids is 1. The van der Waals surface area contributed by atoms with Crippen LogP contribution < -0.4 is 15.1 Å². The van der Waals surface area contributed by atoms with Crippen LogP contribution in [0.1, 0.15) is 0 Å². The van der Waals surface area contributed by atoms with E-state index in [1.807, 2.05) is 6.07 Å². The van der Waals surface area contributed by atoms with Crippen LogP contribution in [-0.2, 0) is 4.79 Å². The molecule has 1 aliphatic heterocycles. The number of non-ortho nitro benzene ring substituents is 1. The van der Waals surface area contributed by atoms with Crippen LogP contribution in [0.15, 0.2) is 66.0 Å². The molecule has 170 valence electrons. The summed E-state index contributed by atoms with van der Waals surface area (Å²) in [6.07, 6.45) is 1.48. The summed E-state index contributed by atoms with van der Waals surface area (Å²) in [5.74, 6) is 0.458. The molecule has 0 radical (unpaired) electrons. The zero-order valence-corrected chi connectivity index (χ0v) is 18.4. The lowest BCUT2D eigenvalue weighted by atomic mass is 10.2. The highest BCUT2D eigenvalue weighted by Gasteiger charge is 2.19. The predicted molar refractivity (Wildman–Crippen MR) is 125 cm³/mol. The van der Waals surface area contributed by atoms with Crippen molar-refractivity contribution in [2.24, 2.45) is 0 Å². The molecular formula is C22H21FN6O3S. The second kappa shape index (κ2) is 10.3. The molecule has 1 amide bonds. The second-order valence-electron chi connectivity index (χ2n) is 7.31. The van der Waals surface area contributed by atoms with Crippen molar-refractivity contribution in [3.8, 4) is 0 Å². The van der Waals surface area contributed by atoms with E-state index in [2.05, 4.69) is 25.1 Å². The molecule has 1 N–H and O–H groups in total. The fourth-order valence-corrected chi connectivity index (χ4v) is 4.09. The Hall–Kier alpha value is -3.73. The van der Waals surface area contributed by atoms with Gasteiger partial charge in [0.15, 0.2) is 0 Å². The van der Waals surface area contributed by atoms with Gasteiger partial charge in [0.2, 0.25) is 5.91 Å². The van der Waals surface area contributed by atoms with Gasteiger partial charge in [-0.15, -0.1) is 0 Å². The maximum absolute atomic E-state index is 13.1. The Morgan fingerprint density at radius 3 is 2.36 bits per heavy atom. The summed E-state index contributed by atoms with van der Waals surface area (Å²) >= 11 is 1.29. The largest absolute Gasteiger partial charge is 0.368 e. The maximum Gasteiger partial charge on any atom is 0.269 e. The molecule has 0 unspecified atom stereocenters. The monoisotopic (exact) mass is 468 g/mol. The fraction of sp³-hybridized carbons (Fsp3) is 0.227. The van der Waals surface area contributed by atoms with Gasteiger partial charge in [0.05, 0.1) is 10.7 Å². The van der Waals surface area contributed by atoms with Gasteiger partial charge in [0.1, 0.15) is 23.0 Å². The molecule has 0 atom stereocenters. The van der Waals surface area contributed by atoms with E-state index >= 15 is 0 Å². The molecule has 0 bridgehead atoms. The molecule has 1 fully saturated rings. The lowest BCUT2D eigenvalue weighted by molar-refractivity contribution is -0.384. The number of nitro benzene ring substituents is 1. The molecule has 3 aromatic rings. The Labute approximate surface area is 193 Å². The number of nitrogens with one attached hydrogen (secondary N) is 1. The second-order valence-corrected chi connectivity index (χ2v) is 8.30. The summed E-state index contributed by atoms with van der Waals surface area (Å²) in [4.78, 5) is 35.4. The van der Waals surface area contributed by atoms with Gasteiger partial charge in [-0.25, -0.2) is 14.4 Å². The first kappa shape index (κ1) is 22.5. The third kappa shape index (κ3) is 5.95. The summed E-state index contributed by atoms with van der Waals surface area (Å²) < 4.78 is 13.1. The van der Waals surface area contributed by atoms with Crippen LogP contribution in [0.3, 0.4) is 0 Å². The van der Waals surface area contributed by atoms with E-state index < -0.39 is 4.92 Å². The molecule has 0 saturated carbocycles. The molecule has 4 rings (SSSR count). The lowest BCUT2D eigenvalue weighted by Gasteiger charge is -2.36. The number of hydrogen-bond donors (Lipinski definition) is 1. The van der Waals surface area contributed by atoms with Gasteiger partial charge in [0.25, 0.3) is 5.69 Å². The van der Waals surface area contributed by atoms with E-state index in [4.69, 9.17) is 0 Å². The van der Waals surface area contributed by atoms with Crippen molar-refractivity contribution in [3.63, 3.8) is 0 Å². The normalized spacial score (nSPS) is 13.6. The van der Waals surface area contributed by atoms with Crippen LogP contribution in [0.5, 0.6) is 0 Å². The smallest absolute Gasteiger partial charge is 0.269 e. The van der Waals surface area contributed by atoms with Crippen LogP contribution in [0.2, 0.25) is 0 Å². The Morgan fingerprint density at radius 2 is 1.70 bits per heavy atom. The predicted octanol–water partition coefficient (Wildman–Crippen LogP) is 3.58. The van der Waals surface area contributed by atoms with E-state index in [9.17, 15) is 19.3 Å². The van der Waals surface area contributed by atoms with Crippen LogP contribution in [0.25, 0.3) is 0 Å². The average molecular weight is 469 g/mol. The number of nitrogens with zero attached hydrogens (tertiary/aromatic N) is 5. The molecule has 1 aromatic heterocycles.